The van der Waals surface area contributed by atoms with Gasteiger partial charge in [-0.05, 0) is 40.4 Å². The lowest BCUT2D eigenvalue weighted by Gasteiger charge is -2.14. The maximum atomic E-state index is 10.7. The number of halogens is 1. The second kappa shape index (κ2) is 3.35. The van der Waals surface area contributed by atoms with Gasteiger partial charge in [0.2, 0.25) is 0 Å². The summed E-state index contributed by atoms with van der Waals surface area (Å²) < 4.78 is 0.916. The quantitative estimate of drug-likeness (QED) is 0.903. The van der Waals surface area contributed by atoms with Gasteiger partial charge in [0, 0.05) is 22.3 Å². The van der Waals surface area contributed by atoms with Gasteiger partial charge in [0.1, 0.15) is 0 Å². The SMILES string of the molecule is O=C(O)CC1(c2ccncc2Br)CC1. The molecule has 0 radical (unpaired) electrons. The zero-order valence-electron chi connectivity index (χ0n) is 7.53. The zero-order chi connectivity index (χ0) is 10.2. The Morgan fingerprint density at radius 1 is 1.64 bits per heavy atom. The summed E-state index contributed by atoms with van der Waals surface area (Å²) >= 11 is 3.41. The minimum atomic E-state index is -0.730. The number of rotatable bonds is 3. The van der Waals surface area contributed by atoms with Crippen molar-refractivity contribution >= 4 is 21.9 Å². The van der Waals surface area contributed by atoms with Crippen LogP contribution in [-0.4, -0.2) is 16.1 Å². The van der Waals surface area contributed by atoms with E-state index in [1.165, 1.54) is 0 Å². The topological polar surface area (TPSA) is 50.2 Å². The van der Waals surface area contributed by atoms with Gasteiger partial charge >= 0.3 is 5.97 Å². The van der Waals surface area contributed by atoms with Crippen molar-refractivity contribution in [2.45, 2.75) is 24.7 Å². The molecule has 0 saturated heterocycles. The minimum absolute atomic E-state index is 0.131. The van der Waals surface area contributed by atoms with E-state index in [0.29, 0.717) is 0 Å². The maximum Gasteiger partial charge on any atom is 0.304 e. The van der Waals surface area contributed by atoms with Crippen molar-refractivity contribution < 1.29 is 9.90 Å². The molecule has 0 aliphatic heterocycles. The van der Waals surface area contributed by atoms with Crippen LogP contribution in [0.15, 0.2) is 22.9 Å². The molecule has 1 heterocycles. The zero-order valence-corrected chi connectivity index (χ0v) is 9.12. The van der Waals surface area contributed by atoms with Gasteiger partial charge in [-0.2, -0.15) is 0 Å². The molecule has 0 bridgehead atoms. The van der Waals surface area contributed by atoms with Crippen molar-refractivity contribution in [2.75, 3.05) is 0 Å². The number of carboxylic acid groups (broad SMARTS) is 1. The van der Waals surface area contributed by atoms with E-state index in [4.69, 9.17) is 5.11 Å². The number of hydrogen-bond acceptors (Lipinski definition) is 2. The van der Waals surface area contributed by atoms with Crippen LogP contribution in [0.5, 0.6) is 0 Å². The molecule has 1 aliphatic carbocycles. The first-order valence-electron chi connectivity index (χ1n) is 4.46. The molecule has 0 aromatic carbocycles. The van der Waals surface area contributed by atoms with Crippen molar-refractivity contribution in [1.29, 1.82) is 0 Å². The highest BCUT2D eigenvalue weighted by atomic mass is 79.9. The van der Waals surface area contributed by atoms with Crippen LogP contribution in [0.2, 0.25) is 0 Å². The molecule has 1 fully saturated rings. The summed E-state index contributed by atoms with van der Waals surface area (Å²) in [6.45, 7) is 0. The van der Waals surface area contributed by atoms with Gasteiger partial charge in [0.05, 0.1) is 6.42 Å². The first-order valence-corrected chi connectivity index (χ1v) is 5.25. The van der Waals surface area contributed by atoms with Crippen molar-refractivity contribution in [1.82, 2.24) is 4.98 Å². The van der Waals surface area contributed by atoms with E-state index >= 15 is 0 Å². The van der Waals surface area contributed by atoms with Crippen LogP contribution in [0.25, 0.3) is 0 Å². The third-order valence-corrected chi connectivity index (χ3v) is 3.32. The molecule has 0 unspecified atom stereocenters. The summed E-state index contributed by atoms with van der Waals surface area (Å²) in [6.07, 6.45) is 5.57. The van der Waals surface area contributed by atoms with E-state index in [1.807, 2.05) is 6.07 Å². The average Bonchev–Trinajstić information content (AvgIpc) is 2.85. The fourth-order valence-electron chi connectivity index (χ4n) is 1.79. The first-order chi connectivity index (χ1) is 6.64. The fourth-order valence-corrected chi connectivity index (χ4v) is 2.46. The van der Waals surface area contributed by atoms with Gasteiger partial charge in [-0.15, -0.1) is 0 Å². The lowest BCUT2D eigenvalue weighted by atomic mass is 9.93. The Balaban J connectivity index is 2.31. The molecule has 1 aromatic rings. The van der Waals surface area contributed by atoms with Crippen LogP contribution in [0, 0.1) is 0 Å². The second-order valence-corrected chi connectivity index (χ2v) is 4.56. The Kier molecular flexibility index (Phi) is 2.31. The third kappa shape index (κ3) is 1.66. The number of hydrogen-bond donors (Lipinski definition) is 1. The molecule has 1 N–H and O–H groups in total. The largest absolute Gasteiger partial charge is 0.481 e. The van der Waals surface area contributed by atoms with Crippen molar-refractivity contribution in [3.63, 3.8) is 0 Å². The van der Waals surface area contributed by atoms with E-state index in [-0.39, 0.29) is 11.8 Å². The highest BCUT2D eigenvalue weighted by Crippen LogP contribution is 2.52. The van der Waals surface area contributed by atoms with Gasteiger partial charge in [-0.25, -0.2) is 0 Å². The number of pyridine rings is 1. The van der Waals surface area contributed by atoms with Crippen molar-refractivity contribution in [3.8, 4) is 0 Å². The molecule has 0 spiro atoms. The van der Waals surface area contributed by atoms with Crippen LogP contribution in [0.4, 0.5) is 0 Å². The molecule has 4 heteroatoms. The number of aromatic nitrogens is 1. The van der Waals surface area contributed by atoms with Crippen molar-refractivity contribution in [3.05, 3.63) is 28.5 Å². The van der Waals surface area contributed by atoms with Gasteiger partial charge in [0.15, 0.2) is 0 Å². The Hall–Kier alpha value is -0.900. The normalized spacial score (nSPS) is 17.8. The molecular weight excluding hydrogens is 246 g/mol. The maximum absolute atomic E-state index is 10.7. The van der Waals surface area contributed by atoms with E-state index in [1.54, 1.807) is 12.4 Å². The first kappa shape index (κ1) is 9.65. The smallest absolute Gasteiger partial charge is 0.304 e. The van der Waals surface area contributed by atoms with E-state index in [9.17, 15) is 4.79 Å². The second-order valence-electron chi connectivity index (χ2n) is 3.71. The van der Waals surface area contributed by atoms with Crippen LogP contribution < -0.4 is 0 Å². The molecule has 1 aromatic heterocycles. The summed E-state index contributed by atoms with van der Waals surface area (Å²) in [4.78, 5) is 14.7. The highest BCUT2D eigenvalue weighted by Gasteiger charge is 2.46. The molecule has 14 heavy (non-hydrogen) atoms. The molecule has 2 rings (SSSR count). The average molecular weight is 256 g/mol. The number of aliphatic carboxylic acids is 1. The van der Waals surface area contributed by atoms with Crippen LogP contribution in [0.3, 0.4) is 0 Å². The van der Waals surface area contributed by atoms with E-state index < -0.39 is 5.97 Å². The van der Waals surface area contributed by atoms with Gasteiger partial charge in [0.25, 0.3) is 0 Å². The van der Waals surface area contributed by atoms with Gasteiger partial charge < -0.3 is 5.11 Å². The molecule has 0 atom stereocenters. The van der Waals surface area contributed by atoms with Crippen LogP contribution >= 0.6 is 15.9 Å². The minimum Gasteiger partial charge on any atom is -0.481 e. The Morgan fingerprint density at radius 2 is 2.36 bits per heavy atom. The van der Waals surface area contributed by atoms with Crippen LogP contribution in [0.1, 0.15) is 24.8 Å². The van der Waals surface area contributed by atoms with E-state index in [0.717, 1.165) is 22.9 Å². The Bertz CT molecular complexity index is 374. The predicted octanol–water partition coefficient (Wildman–Crippen LogP) is 2.35. The van der Waals surface area contributed by atoms with Gasteiger partial charge in [-0.1, -0.05) is 0 Å². The highest BCUT2D eigenvalue weighted by molar-refractivity contribution is 9.10. The third-order valence-electron chi connectivity index (χ3n) is 2.69. The summed E-state index contributed by atoms with van der Waals surface area (Å²) in [7, 11) is 0. The van der Waals surface area contributed by atoms with Crippen molar-refractivity contribution in [2.24, 2.45) is 0 Å². The molecule has 74 valence electrons. The summed E-state index contributed by atoms with van der Waals surface area (Å²) in [5, 5.41) is 8.81. The number of carbonyl (C=O) groups is 1. The lowest BCUT2D eigenvalue weighted by Crippen LogP contribution is -2.13. The predicted molar refractivity (Wildman–Crippen MR) is 55.1 cm³/mol. The summed E-state index contributed by atoms with van der Waals surface area (Å²) in [6, 6.07) is 1.90. The Morgan fingerprint density at radius 3 is 2.86 bits per heavy atom. The monoisotopic (exact) mass is 255 g/mol. The molecule has 1 aliphatic rings. The number of carboxylic acids is 1. The molecule has 3 nitrogen and oxygen atoms in total. The molecular formula is C10H10BrNO2. The summed E-state index contributed by atoms with van der Waals surface area (Å²) in [5.41, 5.74) is 0.947. The lowest BCUT2D eigenvalue weighted by molar-refractivity contribution is -0.137. The molecule has 0 amide bonds. The van der Waals surface area contributed by atoms with Crippen LogP contribution in [-0.2, 0) is 10.2 Å². The van der Waals surface area contributed by atoms with Gasteiger partial charge in [-0.3, -0.25) is 9.78 Å². The molecule has 1 saturated carbocycles. The fraction of sp³-hybridized carbons (Fsp3) is 0.400. The number of nitrogens with zero attached hydrogens (tertiary/aromatic N) is 1. The van der Waals surface area contributed by atoms with E-state index in [2.05, 4.69) is 20.9 Å². The standard InChI is InChI=1S/C10H10BrNO2/c11-8-6-12-4-1-7(8)10(2-3-10)5-9(13)14/h1,4,6H,2-3,5H2,(H,13,14). The Labute approximate surface area is 90.3 Å². The summed E-state index contributed by atoms with van der Waals surface area (Å²) in [5.74, 6) is -0.730.